The van der Waals surface area contributed by atoms with Crippen LogP contribution in [0.4, 0.5) is 0 Å². The van der Waals surface area contributed by atoms with Gasteiger partial charge in [0, 0.05) is 19.6 Å². The van der Waals surface area contributed by atoms with Crippen molar-refractivity contribution in [1.82, 2.24) is 0 Å². The zero-order valence-electron chi connectivity index (χ0n) is 10.1. The molecule has 88 valence electrons. The molecule has 2 nitrogen and oxygen atoms in total. The average Bonchev–Trinajstić information content (AvgIpc) is 2.66. The minimum Gasteiger partial charge on any atom is -0.384 e. The van der Waals surface area contributed by atoms with Crippen molar-refractivity contribution in [2.45, 2.75) is 38.5 Å². The van der Waals surface area contributed by atoms with Gasteiger partial charge in [-0.15, -0.1) is 0 Å². The van der Waals surface area contributed by atoms with Crippen molar-refractivity contribution in [2.24, 2.45) is 17.3 Å². The zero-order chi connectivity index (χ0) is 10.7. The summed E-state index contributed by atoms with van der Waals surface area (Å²) in [5, 5.41) is 0. The van der Waals surface area contributed by atoms with Crippen LogP contribution in [0.1, 0.15) is 38.5 Å². The molecule has 0 aliphatic heterocycles. The largest absolute Gasteiger partial charge is 0.384 e. The summed E-state index contributed by atoms with van der Waals surface area (Å²) in [6, 6.07) is 0. The van der Waals surface area contributed by atoms with Crippen LogP contribution in [0.3, 0.4) is 0 Å². The molecule has 0 aromatic carbocycles. The van der Waals surface area contributed by atoms with Gasteiger partial charge in [0.1, 0.15) is 0 Å². The Morgan fingerprint density at radius 2 is 1.47 bits per heavy atom. The molecule has 0 N–H and O–H groups in total. The van der Waals surface area contributed by atoms with Gasteiger partial charge in [0.15, 0.2) is 0 Å². The summed E-state index contributed by atoms with van der Waals surface area (Å²) in [7, 11) is 3.61. The fraction of sp³-hybridized carbons (Fsp3) is 1.00. The smallest absolute Gasteiger partial charge is 0.0540 e. The predicted octanol–water partition coefficient (Wildman–Crippen LogP) is 2.87. The van der Waals surface area contributed by atoms with E-state index in [0.717, 1.165) is 25.0 Å². The standard InChI is InChI=1S/C13H24O2/c1-14-9-13(10-15-2)7-12(8-13)11-5-3-4-6-11/h11-12H,3-10H2,1-2H3. The van der Waals surface area contributed by atoms with Crippen LogP contribution in [0.5, 0.6) is 0 Å². The molecular weight excluding hydrogens is 188 g/mol. The summed E-state index contributed by atoms with van der Waals surface area (Å²) in [6.45, 7) is 1.76. The molecule has 0 atom stereocenters. The molecule has 0 spiro atoms. The zero-order valence-corrected chi connectivity index (χ0v) is 10.1. The minimum atomic E-state index is 0.358. The predicted molar refractivity (Wildman–Crippen MR) is 60.9 cm³/mol. The molecule has 0 aromatic rings. The Labute approximate surface area is 93.3 Å². The summed E-state index contributed by atoms with van der Waals surface area (Å²) < 4.78 is 10.7. The maximum atomic E-state index is 5.33. The highest BCUT2D eigenvalue weighted by Crippen LogP contribution is 2.52. The SMILES string of the molecule is COCC1(COC)CC(C2CCCC2)C1. The van der Waals surface area contributed by atoms with Crippen molar-refractivity contribution in [3.8, 4) is 0 Å². The summed E-state index contributed by atoms with van der Waals surface area (Å²) >= 11 is 0. The Balaban J connectivity index is 1.81. The molecule has 2 saturated carbocycles. The molecule has 2 fully saturated rings. The van der Waals surface area contributed by atoms with Crippen LogP contribution in [-0.4, -0.2) is 27.4 Å². The Morgan fingerprint density at radius 1 is 0.933 bits per heavy atom. The molecule has 2 heteroatoms. The first-order chi connectivity index (χ1) is 7.29. The topological polar surface area (TPSA) is 18.5 Å². The van der Waals surface area contributed by atoms with Crippen molar-refractivity contribution in [3.63, 3.8) is 0 Å². The Hall–Kier alpha value is -0.0800. The molecule has 2 rings (SSSR count). The quantitative estimate of drug-likeness (QED) is 0.697. The second-order valence-electron chi connectivity index (χ2n) is 5.58. The van der Waals surface area contributed by atoms with Gasteiger partial charge in [-0.3, -0.25) is 0 Å². The van der Waals surface area contributed by atoms with Crippen molar-refractivity contribution in [2.75, 3.05) is 27.4 Å². The highest BCUT2D eigenvalue weighted by Gasteiger charge is 2.47. The number of ether oxygens (including phenoxy) is 2. The monoisotopic (exact) mass is 212 g/mol. The molecule has 0 heterocycles. The van der Waals surface area contributed by atoms with E-state index >= 15 is 0 Å². The van der Waals surface area contributed by atoms with Crippen LogP contribution in [0.25, 0.3) is 0 Å². The molecule has 0 saturated heterocycles. The van der Waals surface area contributed by atoms with Crippen LogP contribution in [0.15, 0.2) is 0 Å². The van der Waals surface area contributed by atoms with E-state index in [1.165, 1.54) is 38.5 Å². The highest BCUT2D eigenvalue weighted by molar-refractivity contribution is 4.97. The third kappa shape index (κ3) is 2.36. The lowest BCUT2D eigenvalue weighted by atomic mass is 9.58. The lowest BCUT2D eigenvalue weighted by Gasteiger charge is -2.49. The van der Waals surface area contributed by atoms with Gasteiger partial charge >= 0.3 is 0 Å². The first-order valence-corrected chi connectivity index (χ1v) is 6.27. The van der Waals surface area contributed by atoms with Crippen molar-refractivity contribution >= 4 is 0 Å². The second-order valence-corrected chi connectivity index (χ2v) is 5.58. The lowest BCUT2D eigenvalue weighted by molar-refractivity contribution is -0.0875. The van der Waals surface area contributed by atoms with E-state index < -0.39 is 0 Å². The van der Waals surface area contributed by atoms with E-state index in [1.54, 1.807) is 14.2 Å². The molecule has 15 heavy (non-hydrogen) atoms. The molecule has 2 aliphatic rings. The van der Waals surface area contributed by atoms with E-state index in [0.29, 0.717) is 5.41 Å². The third-order valence-electron chi connectivity index (χ3n) is 4.36. The van der Waals surface area contributed by atoms with Crippen molar-refractivity contribution in [3.05, 3.63) is 0 Å². The molecule has 2 aliphatic carbocycles. The minimum absolute atomic E-state index is 0.358. The molecular formula is C13H24O2. The summed E-state index contributed by atoms with van der Waals surface area (Å²) in [5.74, 6) is 1.99. The van der Waals surface area contributed by atoms with Gasteiger partial charge in [-0.05, 0) is 24.7 Å². The van der Waals surface area contributed by atoms with Crippen molar-refractivity contribution in [1.29, 1.82) is 0 Å². The van der Waals surface area contributed by atoms with Gasteiger partial charge in [0.2, 0.25) is 0 Å². The molecule has 0 aromatic heterocycles. The van der Waals surface area contributed by atoms with Crippen LogP contribution in [-0.2, 0) is 9.47 Å². The highest BCUT2D eigenvalue weighted by atomic mass is 16.5. The molecule has 0 unspecified atom stereocenters. The summed E-state index contributed by atoms with van der Waals surface area (Å²) in [6.07, 6.45) is 8.53. The Morgan fingerprint density at radius 3 is 1.93 bits per heavy atom. The van der Waals surface area contributed by atoms with E-state index in [4.69, 9.17) is 9.47 Å². The molecule has 0 radical (unpaired) electrons. The third-order valence-corrected chi connectivity index (χ3v) is 4.36. The maximum Gasteiger partial charge on any atom is 0.0540 e. The molecule has 0 amide bonds. The van der Waals surface area contributed by atoms with Crippen LogP contribution < -0.4 is 0 Å². The van der Waals surface area contributed by atoms with Crippen molar-refractivity contribution < 1.29 is 9.47 Å². The van der Waals surface area contributed by atoms with E-state index in [2.05, 4.69) is 0 Å². The first-order valence-electron chi connectivity index (χ1n) is 6.27. The van der Waals surface area contributed by atoms with E-state index in [-0.39, 0.29) is 0 Å². The van der Waals surface area contributed by atoms with Gasteiger partial charge in [-0.1, -0.05) is 25.7 Å². The molecule has 0 bridgehead atoms. The average molecular weight is 212 g/mol. The normalized spacial score (nSPS) is 26.8. The Bertz CT molecular complexity index is 183. The van der Waals surface area contributed by atoms with Gasteiger partial charge in [-0.2, -0.15) is 0 Å². The summed E-state index contributed by atoms with van der Waals surface area (Å²) in [4.78, 5) is 0. The Kier molecular flexibility index (Phi) is 3.68. The van der Waals surface area contributed by atoms with Crippen LogP contribution in [0.2, 0.25) is 0 Å². The van der Waals surface area contributed by atoms with Gasteiger partial charge in [-0.25, -0.2) is 0 Å². The number of methoxy groups -OCH3 is 2. The fourth-order valence-corrected chi connectivity index (χ4v) is 3.70. The van der Waals surface area contributed by atoms with E-state index in [9.17, 15) is 0 Å². The van der Waals surface area contributed by atoms with Crippen LogP contribution >= 0.6 is 0 Å². The van der Waals surface area contributed by atoms with Gasteiger partial charge in [0.25, 0.3) is 0 Å². The summed E-state index contributed by atoms with van der Waals surface area (Å²) in [5.41, 5.74) is 0.358. The first kappa shape index (κ1) is 11.4. The number of rotatable bonds is 5. The van der Waals surface area contributed by atoms with Gasteiger partial charge < -0.3 is 9.47 Å². The fourth-order valence-electron chi connectivity index (χ4n) is 3.70. The maximum absolute atomic E-state index is 5.33. The number of hydrogen-bond acceptors (Lipinski definition) is 2. The van der Waals surface area contributed by atoms with Crippen LogP contribution in [0, 0.1) is 17.3 Å². The van der Waals surface area contributed by atoms with E-state index in [1.807, 2.05) is 0 Å². The number of hydrogen-bond donors (Lipinski definition) is 0. The lowest BCUT2D eigenvalue weighted by Crippen LogP contribution is -2.46. The second kappa shape index (κ2) is 4.84. The van der Waals surface area contributed by atoms with Gasteiger partial charge in [0.05, 0.1) is 13.2 Å².